The number of hydrogen-bond acceptors (Lipinski definition) is 3. The van der Waals surface area contributed by atoms with Crippen molar-refractivity contribution in [2.75, 3.05) is 19.8 Å². The van der Waals surface area contributed by atoms with Crippen molar-refractivity contribution in [3.8, 4) is 5.69 Å². The predicted octanol–water partition coefficient (Wildman–Crippen LogP) is 2.34. The molecule has 0 saturated carbocycles. The van der Waals surface area contributed by atoms with E-state index < -0.39 is 0 Å². The van der Waals surface area contributed by atoms with Crippen LogP contribution in [0.25, 0.3) is 5.69 Å². The van der Waals surface area contributed by atoms with Gasteiger partial charge < -0.3 is 10.1 Å². The second-order valence-corrected chi connectivity index (χ2v) is 5.69. The summed E-state index contributed by atoms with van der Waals surface area (Å²) in [5, 5.41) is 7.25. The number of halogens is 1. The fourth-order valence-electron chi connectivity index (χ4n) is 2.79. The average molecular weight is 317 g/mol. The van der Waals surface area contributed by atoms with E-state index in [0.29, 0.717) is 31.1 Å². The predicted molar refractivity (Wildman–Crippen MR) is 84.2 cm³/mol. The van der Waals surface area contributed by atoms with Crippen LogP contribution in [0.1, 0.15) is 29.4 Å². The number of ether oxygens (including phenoxy) is 1. The lowest BCUT2D eigenvalue weighted by atomic mass is 10.1. The first kappa shape index (κ1) is 15.7. The van der Waals surface area contributed by atoms with E-state index in [-0.39, 0.29) is 11.7 Å². The summed E-state index contributed by atoms with van der Waals surface area (Å²) in [6.07, 6.45) is 3.21. The molecule has 1 amide bonds. The summed E-state index contributed by atoms with van der Waals surface area (Å²) in [4.78, 5) is 12.4. The van der Waals surface area contributed by atoms with Gasteiger partial charge in [-0.2, -0.15) is 5.10 Å². The van der Waals surface area contributed by atoms with Gasteiger partial charge in [0.15, 0.2) is 0 Å². The maximum absolute atomic E-state index is 13.1. The van der Waals surface area contributed by atoms with Crippen molar-refractivity contribution in [3.05, 3.63) is 47.5 Å². The molecule has 1 saturated heterocycles. The molecular weight excluding hydrogens is 297 g/mol. The Bertz CT molecular complexity index is 676. The Morgan fingerprint density at radius 3 is 2.87 bits per heavy atom. The van der Waals surface area contributed by atoms with Gasteiger partial charge in [0.25, 0.3) is 5.91 Å². The van der Waals surface area contributed by atoms with Crippen LogP contribution in [-0.2, 0) is 11.2 Å². The van der Waals surface area contributed by atoms with Gasteiger partial charge in [-0.15, -0.1) is 0 Å². The lowest BCUT2D eigenvalue weighted by molar-refractivity contribution is 0.0944. The minimum absolute atomic E-state index is 0.123. The molecule has 0 unspecified atom stereocenters. The van der Waals surface area contributed by atoms with Crippen molar-refractivity contribution >= 4 is 5.91 Å². The first-order valence-corrected chi connectivity index (χ1v) is 7.87. The fourth-order valence-corrected chi connectivity index (χ4v) is 2.79. The molecule has 0 radical (unpaired) electrons. The van der Waals surface area contributed by atoms with Crippen molar-refractivity contribution in [2.45, 2.75) is 19.8 Å². The summed E-state index contributed by atoms with van der Waals surface area (Å²) >= 11 is 0. The van der Waals surface area contributed by atoms with Crippen LogP contribution in [0.4, 0.5) is 4.39 Å². The third-order valence-electron chi connectivity index (χ3n) is 4.09. The minimum Gasteiger partial charge on any atom is -0.381 e. The zero-order valence-corrected chi connectivity index (χ0v) is 13.1. The van der Waals surface area contributed by atoms with Gasteiger partial charge in [-0.25, -0.2) is 9.07 Å². The Morgan fingerprint density at radius 1 is 1.43 bits per heavy atom. The molecule has 1 aliphatic rings. The number of nitrogens with zero attached hydrogens (tertiary/aromatic N) is 2. The van der Waals surface area contributed by atoms with Crippen LogP contribution in [0.3, 0.4) is 0 Å². The summed E-state index contributed by atoms with van der Waals surface area (Å²) in [6, 6.07) is 6.07. The van der Waals surface area contributed by atoms with Crippen LogP contribution in [0.15, 0.2) is 30.5 Å². The molecule has 1 N–H and O–H groups in total. The van der Waals surface area contributed by atoms with Crippen LogP contribution in [0.5, 0.6) is 0 Å². The molecule has 2 aromatic rings. The van der Waals surface area contributed by atoms with E-state index in [0.717, 1.165) is 24.4 Å². The number of rotatable bonds is 5. The molecule has 0 aliphatic carbocycles. The average Bonchev–Trinajstić information content (AvgIpc) is 3.22. The van der Waals surface area contributed by atoms with E-state index in [1.807, 2.05) is 6.92 Å². The highest BCUT2D eigenvalue weighted by Crippen LogP contribution is 2.17. The largest absolute Gasteiger partial charge is 0.381 e. The molecule has 1 aromatic heterocycles. The molecular formula is C17H20FN3O2. The topological polar surface area (TPSA) is 56.1 Å². The Kier molecular flexibility index (Phi) is 4.71. The Hall–Kier alpha value is -2.21. The molecule has 1 atom stereocenters. The van der Waals surface area contributed by atoms with Crippen molar-refractivity contribution in [1.29, 1.82) is 0 Å². The number of amides is 1. The lowest BCUT2D eigenvalue weighted by Gasteiger charge is -2.10. The SMILES string of the molecule is CCc1c(C(=O)NC[C@@H]2CCOC2)cnn1-c1ccc(F)cc1. The standard InChI is InChI=1S/C17H20FN3O2/c1-2-16-15(17(22)19-9-12-7-8-23-11-12)10-20-21(16)14-5-3-13(18)4-6-14/h3-6,10,12H,2,7-9,11H2,1H3,(H,19,22)/t12-/m0/s1. The maximum Gasteiger partial charge on any atom is 0.254 e. The number of aromatic nitrogens is 2. The fraction of sp³-hybridized carbons (Fsp3) is 0.412. The smallest absolute Gasteiger partial charge is 0.254 e. The summed E-state index contributed by atoms with van der Waals surface area (Å²) in [7, 11) is 0. The van der Waals surface area contributed by atoms with Gasteiger partial charge in [0.05, 0.1) is 29.7 Å². The highest BCUT2D eigenvalue weighted by Gasteiger charge is 2.20. The number of benzene rings is 1. The molecule has 6 heteroatoms. The summed E-state index contributed by atoms with van der Waals surface area (Å²) in [5.41, 5.74) is 2.12. The number of nitrogens with one attached hydrogen (secondary N) is 1. The molecule has 1 aliphatic heterocycles. The van der Waals surface area contributed by atoms with E-state index >= 15 is 0 Å². The van der Waals surface area contributed by atoms with Crippen LogP contribution in [0.2, 0.25) is 0 Å². The quantitative estimate of drug-likeness (QED) is 0.921. The lowest BCUT2D eigenvalue weighted by Crippen LogP contribution is -2.30. The molecule has 0 spiro atoms. The Labute approximate surface area is 134 Å². The van der Waals surface area contributed by atoms with E-state index in [9.17, 15) is 9.18 Å². The number of carbonyl (C=O) groups is 1. The zero-order chi connectivity index (χ0) is 16.2. The van der Waals surface area contributed by atoms with Crippen LogP contribution in [-0.4, -0.2) is 35.4 Å². The molecule has 1 fully saturated rings. The van der Waals surface area contributed by atoms with Crippen LogP contribution < -0.4 is 5.32 Å². The normalized spacial score (nSPS) is 17.4. The number of hydrogen-bond donors (Lipinski definition) is 1. The molecule has 122 valence electrons. The monoisotopic (exact) mass is 317 g/mol. The number of carbonyl (C=O) groups excluding carboxylic acids is 1. The molecule has 5 nitrogen and oxygen atoms in total. The maximum atomic E-state index is 13.1. The van der Waals surface area contributed by atoms with E-state index in [4.69, 9.17) is 4.74 Å². The van der Waals surface area contributed by atoms with Gasteiger partial charge in [0.1, 0.15) is 5.82 Å². The van der Waals surface area contributed by atoms with Crippen LogP contribution in [0, 0.1) is 11.7 Å². The molecule has 23 heavy (non-hydrogen) atoms. The van der Waals surface area contributed by atoms with E-state index in [1.54, 1.807) is 23.0 Å². The van der Waals surface area contributed by atoms with Crippen molar-refractivity contribution < 1.29 is 13.9 Å². The van der Waals surface area contributed by atoms with Crippen LogP contribution >= 0.6 is 0 Å². The first-order valence-electron chi connectivity index (χ1n) is 7.87. The van der Waals surface area contributed by atoms with Gasteiger partial charge in [0, 0.05) is 19.1 Å². The van der Waals surface area contributed by atoms with Crippen molar-refractivity contribution in [3.63, 3.8) is 0 Å². The summed E-state index contributed by atoms with van der Waals surface area (Å²) < 4.78 is 20.1. The minimum atomic E-state index is -0.296. The molecule has 1 aromatic carbocycles. The van der Waals surface area contributed by atoms with Gasteiger partial charge in [-0.3, -0.25) is 4.79 Å². The third kappa shape index (κ3) is 3.42. The Morgan fingerprint density at radius 2 is 2.22 bits per heavy atom. The highest BCUT2D eigenvalue weighted by molar-refractivity contribution is 5.95. The highest BCUT2D eigenvalue weighted by atomic mass is 19.1. The Balaban J connectivity index is 1.77. The second-order valence-electron chi connectivity index (χ2n) is 5.69. The molecule has 2 heterocycles. The van der Waals surface area contributed by atoms with Crippen molar-refractivity contribution in [2.24, 2.45) is 5.92 Å². The molecule has 3 rings (SSSR count). The first-order chi connectivity index (χ1) is 11.2. The van der Waals surface area contributed by atoms with Gasteiger partial charge in [0.2, 0.25) is 0 Å². The zero-order valence-electron chi connectivity index (χ0n) is 13.1. The molecule has 0 bridgehead atoms. The summed E-state index contributed by atoms with van der Waals surface area (Å²) in [6.45, 7) is 4.06. The van der Waals surface area contributed by atoms with Gasteiger partial charge >= 0.3 is 0 Å². The van der Waals surface area contributed by atoms with E-state index in [2.05, 4.69) is 10.4 Å². The van der Waals surface area contributed by atoms with Gasteiger partial charge in [-0.1, -0.05) is 6.92 Å². The third-order valence-corrected chi connectivity index (χ3v) is 4.09. The van der Waals surface area contributed by atoms with E-state index in [1.165, 1.54) is 12.1 Å². The summed E-state index contributed by atoms with van der Waals surface area (Å²) in [5.74, 6) is -0.0333. The van der Waals surface area contributed by atoms with Gasteiger partial charge in [-0.05, 0) is 37.1 Å². The van der Waals surface area contributed by atoms with Crippen molar-refractivity contribution in [1.82, 2.24) is 15.1 Å². The second kappa shape index (κ2) is 6.91.